The van der Waals surface area contributed by atoms with Gasteiger partial charge in [0.2, 0.25) is 0 Å². The highest BCUT2D eigenvalue weighted by Crippen LogP contribution is 2.18. The van der Waals surface area contributed by atoms with Crippen molar-refractivity contribution in [3.05, 3.63) is 35.6 Å². The van der Waals surface area contributed by atoms with Gasteiger partial charge in [-0.2, -0.15) is 13.2 Å². The quantitative estimate of drug-likeness (QED) is 0.482. The number of nitrogens with one attached hydrogen (secondary N) is 2. The minimum Gasteiger partial charge on any atom is -0.357 e. The van der Waals surface area contributed by atoms with Crippen molar-refractivity contribution in [2.24, 2.45) is 4.99 Å². The van der Waals surface area contributed by atoms with Crippen LogP contribution >= 0.6 is 0 Å². The van der Waals surface area contributed by atoms with Gasteiger partial charge in [-0.25, -0.2) is 4.39 Å². The minimum absolute atomic E-state index is 0.297. The Balaban J connectivity index is 2.39. The fraction of sp³-hybridized carbons (Fsp3) is 0.500. The van der Waals surface area contributed by atoms with Gasteiger partial charge in [-0.15, -0.1) is 0 Å². The fourth-order valence-corrected chi connectivity index (χ4v) is 1.61. The molecule has 0 bridgehead atoms. The number of aliphatic imine (C=N–C) groups is 1. The van der Waals surface area contributed by atoms with Gasteiger partial charge in [-0.3, -0.25) is 4.99 Å². The Bertz CT molecular complexity index is 441. The van der Waals surface area contributed by atoms with Gasteiger partial charge in [0.1, 0.15) is 5.82 Å². The summed E-state index contributed by atoms with van der Waals surface area (Å²) >= 11 is 0. The Morgan fingerprint density at radius 2 is 1.81 bits per heavy atom. The van der Waals surface area contributed by atoms with E-state index in [0.717, 1.165) is 5.56 Å². The van der Waals surface area contributed by atoms with Crippen molar-refractivity contribution in [2.75, 3.05) is 19.6 Å². The number of halogens is 4. The molecular formula is C14H19F4N3. The van der Waals surface area contributed by atoms with Crippen LogP contribution in [0.2, 0.25) is 0 Å². The van der Waals surface area contributed by atoms with Gasteiger partial charge >= 0.3 is 6.18 Å². The lowest BCUT2D eigenvalue weighted by atomic mass is 10.1. The summed E-state index contributed by atoms with van der Waals surface area (Å²) in [7, 11) is 0. The van der Waals surface area contributed by atoms with Gasteiger partial charge in [-0.1, -0.05) is 12.1 Å². The fourth-order valence-electron chi connectivity index (χ4n) is 1.61. The van der Waals surface area contributed by atoms with Crippen LogP contribution in [-0.4, -0.2) is 31.8 Å². The monoisotopic (exact) mass is 305 g/mol. The summed E-state index contributed by atoms with van der Waals surface area (Å²) in [6.07, 6.45) is -4.51. The Morgan fingerprint density at radius 1 is 1.14 bits per heavy atom. The van der Waals surface area contributed by atoms with Crippen molar-refractivity contribution in [2.45, 2.75) is 25.9 Å². The first-order chi connectivity index (χ1) is 9.90. The second-order valence-corrected chi connectivity index (χ2v) is 4.43. The molecule has 1 aromatic carbocycles. The smallest absolute Gasteiger partial charge is 0.357 e. The SMILES string of the molecule is CCNC(=NCCC(F)(F)F)NCCc1ccc(F)cc1. The summed E-state index contributed by atoms with van der Waals surface area (Å²) in [6, 6.07) is 6.09. The molecule has 21 heavy (non-hydrogen) atoms. The Morgan fingerprint density at radius 3 is 2.38 bits per heavy atom. The first kappa shape index (κ1) is 17.3. The number of alkyl halides is 3. The van der Waals surface area contributed by atoms with Crippen molar-refractivity contribution < 1.29 is 17.6 Å². The summed E-state index contributed by atoms with van der Waals surface area (Å²) < 4.78 is 48.9. The predicted molar refractivity (Wildman–Crippen MR) is 74.8 cm³/mol. The molecule has 0 saturated carbocycles. The van der Waals surface area contributed by atoms with Crippen LogP contribution in [0.1, 0.15) is 18.9 Å². The van der Waals surface area contributed by atoms with Crippen LogP contribution in [0, 0.1) is 5.82 Å². The third-order valence-electron chi connectivity index (χ3n) is 2.63. The maximum atomic E-state index is 12.7. The zero-order valence-corrected chi connectivity index (χ0v) is 11.8. The molecule has 2 N–H and O–H groups in total. The first-order valence-corrected chi connectivity index (χ1v) is 6.74. The first-order valence-electron chi connectivity index (χ1n) is 6.74. The second-order valence-electron chi connectivity index (χ2n) is 4.43. The molecule has 3 nitrogen and oxygen atoms in total. The summed E-state index contributed by atoms with van der Waals surface area (Å²) in [5, 5.41) is 5.82. The molecule has 7 heteroatoms. The van der Waals surface area contributed by atoms with Crippen molar-refractivity contribution in [3.8, 4) is 0 Å². The van der Waals surface area contributed by atoms with Gasteiger partial charge in [-0.05, 0) is 31.0 Å². The zero-order chi connectivity index (χ0) is 15.7. The van der Waals surface area contributed by atoms with Gasteiger partial charge in [0.05, 0.1) is 13.0 Å². The summed E-state index contributed by atoms with van der Waals surface area (Å²) in [4.78, 5) is 3.86. The second kappa shape index (κ2) is 8.49. The Hall–Kier alpha value is -1.79. The van der Waals surface area contributed by atoms with E-state index in [1.807, 2.05) is 6.92 Å². The molecule has 1 rings (SSSR count). The third-order valence-corrected chi connectivity index (χ3v) is 2.63. The maximum Gasteiger partial charge on any atom is 0.390 e. The number of nitrogens with zero attached hydrogens (tertiary/aromatic N) is 1. The van der Waals surface area contributed by atoms with Crippen LogP contribution in [0.15, 0.2) is 29.3 Å². The summed E-state index contributed by atoms with van der Waals surface area (Å²) in [5.74, 6) is 0.0534. The molecule has 1 aromatic rings. The lowest BCUT2D eigenvalue weighted by Crippen LogP contribution is -2.38. The van der Waals surface area contributed by atoms with Crippen molar-refractivity contribution in [1.29, 1.82) is 0 Å². The molecule has 0 heterocycles. The summed E-state index contributed by atoms with van der Waals surface area (Å²) in [6.45, 7) is 2.59. The van der Waals surface area contributed by atoms with Crippen LogP contribution in [0.25, 0.3) is 0 Å². The molecule has 0 aromatic heterocycles. The van der Waals surface area contributed by atoms with Gasteiger partial charge in [0, 0.05) is 13.1 Å². The summed E-state index contributed by atoms with van der Waals surface area (Å²) in [5.41, 5.74) is 0.940. The Labute approximate surface area is 121 Å². The van der Waals surface area contributed by atoms with Crippen LogP contribution in [0.3, 0.4) is 0 Å². The van der Waals surface area contributed by atoms with E-state index in [4.69, 9.17) is 0 Å². The number of benzene rings is 1. The van der Waals surface area contributed by atoms with E-state index in [-0.39, 0.29) is 12.4 Å². The van der Waals surface area contributed by atoms with Gasteiger partial charge in [0.15, 0.2) is 5.96 Å². The van der Waals surface area contributed by atoms with Gasteiger partial charge in [0.25, 0.3) is 0 Å². The number of hydrogen-bond donors (Lipinski definition) is 2. The number of hydrogen-bond acceptors (Lipinski definition) is 1. The normalized spacial score (nSPS) is 12.3. The maximum absolute atomic E-state index is 12.7. The number of guanidine groups is 1. The molecule has 0 atom stereocenters. The molecule has 118 valence electrons. The van der Waals surface area contributed by atoms with Crippen LogP contribution in [0.4, 0.5) is 17.6 Å². The zero-order valence-electron chi connectivity index (χ0n) is 11.8. The van der Waals surface area contributed by atoms with Crippen molar-refractivity contribution in [3.63, 3.8) is 0 Å². The van der Waals surface area contributed by atoms with E-state index < -0.39 is 12.6 Å². The van der Waals surface area contributed by atoms with E-state index in [9.17, 15) is 17.6 Å². The average Bonchev–Trinajstić information content (AvgIpc) is 2.39. The van der Waals surface area contributed by atoms with E-state index in [1.165, 1.54) is 12.1 Å². The molecule has 0 aliphatic carbocycles. The highest BCUT2D eigenvalue weighted by molar-refractivity contribution is 5.79. The van der Waals surface area contributed by atoms with E-state index >= 15 is 0 Å². The van der Waals surface area contributed by atoms with E-state index in [1.54, 1.807) is 12.1 Å². The molecule has 0 saturated heterocycles. The largest absolute Gasteiger partial charge is 0.390 e. The standard InChI is InChI=1S/C14H19F4N3/c1-2-19-13(21-10-8-14(16,17)18)20-9-7-11-3-5-12(15)6-4-11/h3-6H,2,7-10H2,1H3,(H2,19,20,21). The minimum atomic E-state index is -4.20. The molecule has 0 aliphatic rings. The third kappa shape index (κ3) is 8.16. The molecular weight excluding hydrogens is 286 g/mol. The number of rotatable bonds is 6. The molecule has 0 fully saturated rings. The van der Waals surface area contributed by atoms with E-state index in [0.29, 0.717) is 25.5 Å². The molecule has 0 amide bonds. The molecule has 0 aliphatic heterocycles. The Kier molecular flexibility index (Phi) is 6.98. The lowest BCUT2D eigenvalue weighted by Gasteiger charge is -2.11. The topological polar surface area (TPSA) is 36.4 Å². The van der Waals surface area contributed by atoms with Crippen LogP contribution in [-0.2, 0) is 6.42 Å². The lowest BCUT2D eigenvalue weighted by molar-refractivity contribution is -0.132. The average molecular weight is 305 g/mol. The van der Waals surface area contributed by atoms with Crippen molar-refractivity contribution >= 4 is 5.96 Å². The molecule has 0 spiro atoms. The van der Waals surface area contributed by atoms with Crippen LogP contribution in [0.5, 0.6) is 0 Å². The van der Waals surface area contributed by atoms with Gasteiger partial charge < -0.3 is 10.6 Å². The van der Waals surface area contributed by atoms with Crippen LogP contribution < -0.4 is 10.6 Å². The molecule has 0 radical (unpaired) electrons. The van der Waals surface area contributed by atoms with Crippen molar-refractivity contribution in [1.82, 2.24) is 10.6 Å². The highest BCUT2D eigenvalue weighted by atomic mass is 19.4. The highest BCUT2D eigenvalue weighted by Gasteiger charge is 2.26. The predicted octanol–water partition coefficient (Wildman–Crippen LogP) is 2.88. The molecule has 0 unspecified atom stereocenters. The van der Waals surface area contributed by atoms with E-state index in [2.05, 4.69) is 15.6 Å².